The van der Waals surface area contributed by atoms with Crippen molar-refractivity contribution >= 4 is 5.97 Å². The lowest BCUT2D eigenvalue weighted by Crippen LogP contribution is -2.50. The summed E-state index contributed by atoms with van der Waals surface area (Å²) >= 11 is 0. The highest BCUT2D eigenvalue weighted by Crippen LogP contribution is 2.66. The molecule has 5 aliphatic carbocycles. The van der Waals surface area contributed by atoms with Crippen molar-refractivity contribution in [2.45, 2.75) is 57.8 Å². The first-order valence-corrected chi connectivity index (χ1v) is 7.86. The van der Waals surface area contributed by atoms with E-state index in [1.54, 1.807) is 0 Å². The highest BCUT2D eigenvalue weighted by molar-refractivity contribution is 5.67. The fourth-order valence-corrected chi connectivity index (χ4v) is 6.20. The van der Waals surface area contributed by atoms with Crippen molar-refractivity contribution < 1.29 is 9.90 Å². The predicted octanol–water partition coefficient (Wildman–Crippen LogP) is 3.70. The van der Waals surface area contributed by atoms with Gasteiger partial charge in [0.15, 0.2) is 0 Å². The molecule has 5 saturated carbocycles. The minimum Gasteiger partial charge on any atom is -0.481 e. The van der Waals surface area contributed by atoms with E-state index in [2.05, 4.69) is 0 Å². The molecule has 5 fully saturated rings. The van der Waals surface area contributed by atoms with Gasteiger partial charge in [-0.1, -0.05) is 0 Å². The van der Waals surface area contributed by atoms with E-state index in [-0.39, 0.29) is 0 Å². The lowest BCUT2D eigenvalue weighted by atomic mass is 9.45. The molecule has 0 amide bonds. The van der Waals surface area contributed by atoms with Crippen molar-refractivity contribution in [3.63, 3.8) is 0 Å². The lowest BCUT2D eigenvalue weighted by Gasteiger charge is -2.59. The van der Waals surface area contributed by atoms with E-state index in [1.807, 2.05) is 0 Å². The van der Waals surface area contributed by atoms with Gasteiger partial charge in [-0.25, -0.2) is 0 Å². The molecule has 0 aromatic heterocycles. The Morgan fingerprint density at radius 1 is 1.06 bits per heavy atom. The van der Waals surface area contributed by atoms with Crippen molar-refractivity contribution in [2.75, 3.05) is 0 Å². The molecule has 1 atom stereocenters. The van der Waals surface area contributed by atoms with Gasteiger partial charge in [-0.15, -0.1) is 0 Å². The molecular formula is C16H24O2. The van der Waals surface area contributed by atoms with Crippen LogP contribution in [0.5, 0.6) is 0 Å². The molecule has 4 bridgehead atoms. The number of hydrogen-bond donors (Lipinski definition) is 1. The maximum absolute atomic E-state index is 11.2. The van der Waals surface area contributed by atoms with Crippen LogP contribution in [0.25, 0.3) is 0 Å². The van der Waals surface area contributed by atoms with Gasteiger partial charge >= 0.3 is 5.97 Å². The Morgan fingerprint density at radius 3 is 1.94 bits per heavy atom. The van der Waals surface area contributed by atoms with Crippen molar-refractivity contribution in [3.05, 3.63) is 0 Å². The number of hydrogen-bond acceptors (Lipinski definition) is 1. The van der Waals surface area contributed by atoms with Gasteiger partial charge in [0, 0.05) is 6.42 Å². The van der Waals surface area contributed by atoms with Gasteiger partial charge in [-0.3, -0.25) is 4.79 Å². The maximum atomic E-state index is 11.2. The zero-order valence-electron chi connectivity index (χ0n) is 11.1. The molecular weight excluding hydrogens is 224 g/mol. The van der Waals surface area contributed by atoms with Crippen LogP contribution in [-0.2, 0) is 4.79 Å². The number of aliphatic carboxylic acids is 1. The highest BCUT2D eigenvalue weighted by atomic mass is 16.4. The average molecular weight is 248 g/mol. The van der Waals surface area contributed by atoms with Crippen LogP contribution in [0.15, 0.2) is 0 Å². The molecule has 1 N–H and O–H groups in total. The second kappa shape index (κ2) is 3.74. The number of carbonyl (C=O) groups is 1. The van der Waals surface area contributed by atoms with Crippen molar-refractivity contribution in [1.82, 2.24) is 0 Å². The molecule has 0 radical (unpaired) electrons. The summed E-state index contributed by atoms with van der Waals surface area (Å²) in [6, 6.07) is 0. The molecule has 2 heteroatoms. The van der Waals surface area contributed by atoms with Gasteiger partial charge in [0.2, 0.25) is 0 Å². The second-order valence-corrected chi connectivity index (χ2v) is 7.82. The van der Waals surface area contributed by atoms with Gasteiger partial charge in [0.1, 0.15) is 0 Å². The van der Waals surface area contributed by atoms with Crippen LogP contribution >= 0.6 is 0 Å². The molecule has 1 unspecified atom stereocenters. The fraction of sp³-hybridized carbons (Fsp3) is 0.938. The van der Waals surface area contributed by atoms with Crippen molar-refractivity contribution in [3.8, 4) is 0 Å². The van der Waals surface area contributed by atoms with Crippen LogP contribution in [0.2, 0.25) is 0 Å². The third kappa shape index (κ3) is 1.71. The maximum Gasteiger partial charge on any atom is 0.303 e. The Kier molecular flexibility index (Phi) is 2.35. The monoisotopic (exact) mass is 248 g/mol. The lowest BCUT2D eigenvalue weighted by molar-refractivity contribution is -0.144. The first-order chi connectivity index (χ1) is 8.64. The minimum atomic E-state index is -0.553. The van der Waals surface area contributed by atoms with E-state index in [4.69, 9.17) is 0 Å². The van der Waals surface area contributed by atoms with E-state index in [0.717, 1.165) is 23.7 Å². The van der Waals surface area contributed by atoms with Gasteiger partial charge in [0.05, 0.1) is 0 Å². The predicted molar refractivity (Wildman–Crippen MR) is 69.1 cm³/mol. The minimum absolute atomic E-state index is 0.453. The summed E-state index contributed by atoms with van der Waals surface area (Å²) < 4.78 is 0. The van der Waals surface area contributed by atoms with Crippen LogP contribution < -0.4 is 0 Å². The first kappa shape index (κ1) is 11.3. The third-order valence-corrected chi connectivity index (χ3v) is 6.46. The van der Waals surface area contributed by atoms with Crippen molar-refractivity contribution in [1.29, 1.82) is 0 Å². The molecule has 0 saturated heterocycles. The van der Waals surface area contributed by atoms with E-state index < -0.39 is 5.97 Å². The normalized spacial score (nSPS) is 47.2. The second-order valence-electron chi connectivity index (χ2n) is 7.82. The SMILES string of the molecule is O=C(O)CC(C1CC1)C12CC3CC(CC(C3)C1)C2. The summed E-state index contributed by atoms with van der Waals surface area (Å²) in [6.45, 7) is 0. The van der Waals surface area contributed by atoms with Crippen LogP contribution in [-0.4, -0.2) is 11.1 Å². The summed E-state index contributed by atoms with van der Waals surface area (Å²) in [7, 11) is 0. The zero-order valence-corrected chi connectivity index (χ0v) is 11.1. The molecule has 0 spiro atoms. The Balaban J connectivity index is 1.62. The third-order valence-electron chi connectivity index (χ3n) is 6.46. The molecule has 0 aromatic rings. The van der Waals surface area contributed by atoms with E-state index in [1.165, 1.54) is 51.4 Å². The molecule has 0 aliphatic heterocycles. The number of rotatable bonds is 4. The standard InChI is InChI=1S/C16H24O2/c17-15(18)6-14(13-1-2-13)16-7-10-3-11(8-16)5-12(4-10)9-16/h10-14H,1-9H2,(H,17,18). The summed E-state index contributed by atoms with van der Waals surface area (Å²) in [5, 5.41) is 9.26. The number of carboxylic acids is 1. The Morgan fingerprint density at radius 2 is 1.56 bits per heavy atom. The molecule has 18 heavy (non-hydrogen) atoms. The molecule has 0 aromatic carbocycles. The van der Waals surface area contributed by atoms with Crippen molar-refractivity contribution in [2.24, 2.45) is 35.0 Å². The van der Waals surface area contributed by atoms with Crippen LogP contribution in [0.4, 0.5) is 0 Å². The van der Waals surface area contributed by atoms with Gasteiger partial charge in [0.25, 0.3) is 0 Å². The van der Waals surface area contributed by atoms with Crippen LogP contribution in [0.3, 0.4) is 0 Å². The molecule has 0 heterocycles. The van der Waals surface area contributed by atoms with E-state index >= 15 is 0 Å². The summed E-state index contributed by atoms with van der Waals surface area (Å²) in [6.07, 6.45) is 11.6. The smallest absolute Gasteiger partial charge is 0.303 e. The van der Waals surface area contributed by atoms with Gasteiger partial charge in [-0.2, -0.15) is 0 Å². The average Bonchev–Trinajstić information content (AvgIpc) is 3.07. The molecule has 5 rings (SSSR count). The van der Waals surface area contributed by atoms with E-state index in [0.29, 0.717) is 17.8 Å². The largest absolute Gasteiger partial charge is 0.481 e. The Labute approximate surface area is 109 Å². The molecule has 5 aliphatic rings. The summed E-state index contributed by atoms with van der Waals surface area (Å²) in [5.74, 6) is 3.58. The van der Waals surface area contributed by atoms with E-state index in [9.17, 15) is 9.90 Å². The fourth-order valence-electron chi connectivity index (χ4n) is 6.20. The summed E-state index contributed by atoms with van der Waals surface area (Å²) in [4.78, 5) is 11.2. The Hall–Kier alpha value is -0.530. The van der Waals surface area contributed by atoms with Gasteiger partial charge in [-0.05, 0) is 86.4 Å². The zero-order chi connectivity index (χ0) is 12.3. The molecule has 2 nitrogen and oxygen atoms in total. The van der Waals surface area contributed by atoms with Gasteiger partial charge < -0.3 is 5.11 Å². The number of carboxylic acid groups (broad SMARTS) is 1. The summed E-state index contributed by atoms with van der Waals surface area (Å²) in [5.41, 5.74) is 0.453. The first-order valence-electron chi connectivity index (χ1n) is 7.86. The Bertz CT molecular complexity index is 334. The highest BCUT2D eigenvalue weighted by Gasteiger charge is 2.56. The quantitative estimate of drug-likeness (QED) is 0.823. The van der Waals surface area contributed by atoms with Crippen LogP contribution in [0.1, 0.15) is 57.8 Å². The topological polar surface area (TPSA) is 37.3 Å². The molecule has 100 valence electrons. The van der Waals surface area contributed by atoms with Crippen LogP contribution in [0, 0.1) is 35.0 Å².